The molecule has 1 fully saturated rings. The van der Waals surface area contributed by atoms with E-state index in [1.54, 1.807) is 24.3 Å². The summed E-state index contributed by atoms with van der Waals surface area (Å²) in [6, 6.07) is 8.97. The standard InChI is InChI=1S/C13H13NO3/c14-9-10-4-1-2-5-11(10)17-13(6-3-7-13)8-12(15)16/h1-2,4-5H,3,6-8H2,(H,15,16). The van der Waals surface area contributed by atoms with Crippen LogP contribution in [0.3, 0.4) is 0 Å². The summed E-state index contributed by atoms with van der Waals surface area (Å²) >= 11 is 0. The highest BCUT2D eigenvalue weighted by Crippen LogP contribution is 2.40. The van der Waals surface area contributed by atoms with Crippen molar-refractivity contribution in [1.29, 1.82) is 5.26 Å². The van der Waals surface area contributed by atoms with Crippen LogP contribution in [-0.2, 0) is 4.79 Å². The molecule has 1 saturated carbocycles. The molecular formula is C13H13NO3. The zero-order chi connectivity index (χ0) is 12.3. The van der Waals surface area contributed by atoms with Gasteiger partial charge in [0.15, 0.2) is 0 Å². The average Bonchev–Trinajstić information content (AvgIpc) is 2.26. The van der Waals surface area contributed by atoms with Crippen LogP contribution in [0.4, 0.5) is 0 Å². The Hall–Kier alpha value is -2.02. The minimum absolute atomic E-state index is 0.00718. The number of para-hydroxylation sites is 1. The van der Waals surface area contributed by atoms with E-state index < -0.39 is 11.6 Å². The molecule has 4 nitrogen and oxygen atoms in total. The molecule has 0 atom stereocenters. The zero-order valence-electron chi connectivity index (χ0n) is 9.35. The zero-order valence-corrected chi connectivity index (χ0v) is 9.35. The molecule has 0 spiro atoms. The van der Waals surface area contributed by atoms with Crippen LogP contribution in [0.25, 0.3) is 0 Å². The van der Waals surface area contributed by atoms with E-state index in [1.165, 1.54) is 0 Å². The molecule has 0 heterocycles. The summed E-state index contributed by atoms with van der Waals surface area (Å²) in [7, 11) is 0. The Kier molecular flexibility index (Phi) is 3.01. The van der Waals surface area contributed by atoms with E-state index in [0.717, 1.165) is 19.3 Å². The van der Waals surface area contributed by atoms with Crippen LogP contribution in [0, 0.1) is 11.3 Å². The maximum Gasteiger partial charge on any atom is 0.307 e. The number of carbonyl (C=O) groups is 1. The third-order valence-electron chi connectivity index (χ3n) is 3.07. The van der Waals surface area contributed by atoms with Gasteiger partial charge < -0.3 is 9.84 Å². The molecule has 1 aromatic rings. The van der Waals surface area contributed by atoms with Gasteiger partial charge in [-0.3, -0.25) is 4.79 Å². The number of rotatable bonds is 4. The molecule has 0 unspecified atom stereocenters. The Morgan fingerprint density at radius 1 is 1.47 bits per heavy atom. The Labute approximate surface area is 99.4 Å². The van der Waals surface area contributed by atoms with E-state index >= 15 is 0 Å². The Balaban J connectivity index is 2.19. The number of hydrogen-bond acceptors (Lipinski definition) is 3. The number of ether oxygens (including phenoxy) is 1. The predicted octanol–water partition coefficient (Wildman–Crippen LogP) is 2.33. The van der Waals surface area contributed by atoms with E-state index in [9.17, 15) is 4.79 Å². The van der Waals surface area contributed by atoms with Crippen molar-refractivity contribution in [3.8, 4) is 11.8 Å². The molecule has 1 aliphatic rings. The Bertz CT molecular complexity index is 472. The minimum Gasteiger partial charge on any atom is -0.485 e. The molecule has 1 aromatic carbocycles. The molecule has 0 radical (unpaired) electrons. The van der Waals surface area contributed by atoms with E-state index in [-0.39, 0.29) is 6.42 Å². The van der Waals surface area contributed by atoms with Crippen molar-refractivity contribution in [2.24, 2.45) is 0 Å². The van der Waals surface area contributed by atoms with Gasteiger partial charge in [0.2, 0.25) is 0 Å². The van der Waals surface area contributed by atoms with Crippen molar-refractivity contribution in [3.05, 3.63) is 29.8 Å². The number of hydrogen-bond donors (Lipinski definition) is 1. The second-order valence-corrected chi connectivity index (χ2v) is 4.32. The highest BCUT2D eigenvalue weighted by molar-refractivity contribution is 5.68. The molecular weight excluding hydrogens is 218 g/mol. The maximum atomic E-state index is 10.8. The van der Waals surface area contributed by atoms with Crippen molar-refractivity contribution < 1.29 is 14.6 Å². The van der Waals surface area contributed by atoms with Crippen molar-refractivity contribution in [2.75, 3.05) is 0 Å². The molecule has 0 aliphatic heterocycles. The number of carboxylic acids is 1. The fourth-order valence-corrected chi connectivity index (χ4v) is 2.04. The third-order valence-corrected chi connectivity index (χ3v) is 3.07. The van der Waals surface area contributed by atoms with E-state index in [4.69, 9.17) is 15.1 Å². The number of carboxylic acid groups (broad SMARTS) is 1. The van der Waals surface area contributed by atoms with Gasteiger partial charge >= 0.3 is 5.97 Å². The van der Waals surface area contributed by atoms with Crippen molar-refractivity contribution in [2.45, 2.75) is 31.3 Å². The van der Waals surface area contributed by atoms with Crippen LogP contribution in [0.5, 0.6) is 5.75 Å². The van der Waals surface area contributed by atoms with Gasteiger partial charge in [0.05, 0.1) is 12.0 Å². The molecule has 2 rings (SSSR count). The quantitative estimate of drug-likeness (QED) is 0.863. The fraction of sp³-hybridized carbons (Fsp3) is 0.385. The summed E-state index contributed by atoms with van der Waals surface area (Å²) in [4.78, 5) is 10.8. The molecule has 0 amide bonds. The minimum atomic E-state index is -0.862. The van der Waals surface area contributed by atoms with Crippen LogP contribution in [0.1, 0.15) is 31.2 Å². The molecule has 4 heteroatoms. The van der Waals surface area contributed by atoms with E-state index in [2.05, 4.69) is 0 Å². The monoisotopic (exact) mass is 231 g/mol. The van der Waals surface area contributed by atoms with Crippen LogP contribution in [0.2, 0.25) is 0 Å². The van der Waals surface area contributed by atoms with Crippen LogP contribution in [0.15, 0.2) is 24.3 Å². The largest absolute Gasteiger partial charge is 0.485 e. The van der Waals surface area contributed by atoms with Crippen LogP contribution in [-0.4, -0.2) is 16.7 Å². The second kappa shape index (κ2) is 4.46. The normalized spacial score (nSPS) is 16.6. The van der Waals surface area contributed by atoms with Gasteiger partial charge in [-0.15, -0.1) is 0 Å². The number of benzene rings is 1. The number of nitrogens with zero attached hydrogens (tertiary/aromatic N) is 1. The Morgan fingerprint density at radius 3 is 2.71 bits per heavy atom. The lowest BCUT2D eigenvalue weighted by atomic mass is 9.77. The smallest absolute Gasteiger partial charge is 0.307 e. The molecule has 17 heavy (non-hydrogen) atoms. The number of nitriles is 1. The maximum absolute atomic E-state index is 10.8. The third kappa shape index (κ3) is 2.39. The molecule has 1 aliphatic carbocycles. The van der Waals surface area contributed by atoms with Gasteiger partial charge in [-0.2, -0.15) is 5.26 Å². The van der Waals surface area contributed by atoms with Crippen molar-refractivity contribution >= 4 is 5.97 Å². The summed E-state index contributed by atoms with van der Waals surface area (Å²) < 4.78 is 5.77. The van der Waals surface area contributed by atoms with Crippen LogP contribution < -0.4 is 4.74 Å². The fourth-order valence-electron chi connectivity index (χ4n) is 2.04. The molecule has 1 N–H and O–H groups in total. The van der Waals surface area contributed by atoms with Gasteiger partial charge in [-0.05, 0) is 31.4 Å². The molecule has 0 bridgehead atoms. The summed E-state index contributed by atoms with van der Waals surface area (Å²) in [6.45, 7) is 0. The number of aliphatic carboxylic acids is 1. The first kappa shape index (κ1) is 11.5. The van der Waals surface area contributed by atoms with Crippen LogP contribution >= 0.6 is 0 Å². The predicted molar refractivity (Wildman–Crippen MR) is 60.6 cm³/mol. The van der Waals surface area contributed by atoms with Crippen molar-refractivity contribution in [1.82, 2.24) is 0 Å². The Morgan fingerprint density at radius 2 is 2.18 bits per heavy atom. The van der Waals surface area contributed by atoms with E-state index in [0.29, 0.717) is 11.3 Å². The molecule has 88 valence electrons. The second-order valence-electron chi connectivity index (χ2n) is 4.32. The first-order valence-electron chi connectivity index (χ1n) is 5.55. The summed E-state index contributed by atoms with van der Waals surface area (Å²) in [5, 5.41) is 17.8. The van der Waals surface area contributed by atoms with Crippen molar-refractivity contribution in [3.63, 3.8) is 0 Å². The summed E-state index contributed by atoms with van der Waals surface area (Å²) in [5.41, 5.74) is -0.164. The first-order chi connectivity index (χ1) is 8.15. The van der Waals surface area contributed by atoms with Gasteiger partial charge in [0.1, 0.15) is 17.4 Å². The van der Waals surface area contributed by atoms with E-state index in [1.807, 2.05) is 6.07 Å². The average molecular weight is 231 g/mol. The van der Waals surface area contributed by atoms with Gasteiger partial charge in [0, 0.05) is 0 Å². The molecule has 0 aromatic heterocycles. The lowest BCUT2D eigenvalue weighted by molar-refractivity contribution is -0.144. The van der Waals surface area contributed by atoms with Gasteiger partial charge in [0.25, 0.3) is 0 Å². The SMILES string of the molecule is N#Cc1ccccc1OC1(CC(=O)O)CCC1. The lowest BCUT2D eigenvalue weighted by Crippen LogP contribution is -2.45. The lowest BCUT2D eigenvalue weighted by Gasteiger charge is -2.40. The summed E-state index contributed by atoms with van der Waals surface area (Å²) in [6.07, 6.45) is 2.44. The summed E-state index contributed by atoms with van der Waals surface area (Å²) in [5.74, 6) is -0.380. The van der Waals surface area contributed by atoms with Gasteiger partial charge in [-0.25, -0.2) is 0 Å². The molecule has 0 saturated heterocycles. The highest BCUT2D eigenvalue weighted by atomic mass is 16.5. The topological polar surface area (TPSA) is 70.3 Å². The van der Waals surface area contributed by atoms with Gasteiger partial charge in [-0.1, -0.05) is 12.1 Å². The highest BCUT2D eigenvalue weighted by Gasteiger charge is 2.41. The first-order valence-corrected chi connectivity index (χ1v) is 5.55.